The average Bonchev–Trinajstić information content (AvgIpc) is 2.47. The molecule has 0 bridgehead atoms. The molecule has 1 heterocycles. The summed E-state index contributed by atoms with van der Waals surface area (Å²) < 4.78 is 33.2. The molecule has 0 aromatic heterocycles. The minimum Gasteiger partial charge on any atom is -0.444 e. The molecule has 1 aromatic rings. The van der Waals surface area contributed by atoms with E-state index in [1.807, 2.05) is 32.6 Å². The Bertz CT molecular complexity index is 619. The maximum Gasteiger partial charge on any atom is 0.410 e. The van der Waals surface area contributed by atoms with Gasteiger partial charge in [0, 0.05) is 37.8 Å². The number of piperazine rings is 1. The van der Waals surface area contributed by atoms with Gasteiger partial charge in [-0.15, -0.1) is 0 Å². The number of nitrogens with zero attached hydrogens (tertiary/aromatic N) is 2. The molecule has 24 heavy (non-hydrogen) atoms. The lowest BCUT2D eigenvalue weighted by Gasteiger charge is -2.40. The third kappa shape index (κ3) is 4.66. The Hall–Kier alpha value is -1.21. The van der Waals surface area contributed by atoms with Crippen molar-refractivity contribution < 1.29 is 18.3 Å². The second-order valence-corrected chi connectivity index (χ2v) is 7.86. The third-order valence-corrected chi connectivity index (χ3v) is 4.77. The van der Waals surface area contributed by atoms with Crippen molar-refractivity contribution in [1.29, 1.82) is 0 Å². The number of rotatable bonds is 2. The topological polar surface area (TPSA) is 32.8 Å². The van der Waals surface area contributed by atoms with Crippen molar-refractivity contribution in [3.63, 3.8) is 0 Å². The summed E-state index contributed by atoms with van der Waals surface area (Å²) >= 11 is 3.12. The van der Waals surface area contributed by atoms with Crippen LogP contribution in [-0.2, 0) is 11.3 Å². The van der Waals surface area contributed by atoms with E-state index in [0.717, 1.165) is 12.1 Å². The molecule has 1 aliphatic heterocycles. The summed E-state index contributed by atoms with van der Waals surface area (Å²) in [6.07, 6.45) is -0.341. The minimum absolute atomic E-state index is 0.0147. The van der Waals surface area contributed by atoms with E-state index >= 15 is 0 Å². The fourth-order valence-corrected chi connectivity index (χ4v) is 3.09. The summed E-state index contributed by atoms with van der Waals surface area (Å²) in [5, 5.41) is 0. The van der Waals surface area contributed by atoms with Gasteiger partial charge < -0.3 is 9.64 Å². The lowest BCUT2D eigenvalue weighted by molar-refractivity contribution is 0.00442. The number of carbonyl (C=O) groups is 1. The third-order valence-electron chi connectivity index (χ3n) is 3.92. The van der Waals surface area contributed by atoms with Crippen molar-refractivity contribution in [1.82, 2.24) is 9.80 Å². The number of hydrogen-bond donors (Lipinski definition) is 0. The minimum atomic E-state index is -0.535. The second kappa shape index (κ2) is 7.35. The Kier molecular flexibility index (Phi) is 5.86. The molecule has 1 fully saturated rings. The van der Waals surface area contributed by atoms with Gasteiger partial charge in [0.25, 0.3) is 0 Å². The fourth-order valence-electron chi connectivity index (χ4n) is 2.64. The Morgan fingerprint density at radius 2 is 1.92 bits per heavy atom. The fraction of sp³-hybridized carbons (Fsp3) is 0.588. The first-order valence-electron chi connectivity index (χ1n) is 7.93. The molecular weight excluding hydrogens is 382 g/mol. The first-order chi connectivity index (χ1) is 11.1. The van der Waals surface area contributed by atoms with Crippen LogP contribution in [0.1, 0.15) is 33.3 Å². The number of ether oxygens (including phenoxy) is 1. The van der Waals surface area contributed by atoms with E-state index in [1.54, 1.807) is 4.90 Å². The van der Waals surface area contributed by atoms with Gasteiger partial charge in [-0.1, -0.05) is 0 Å². The molecule has 0 saturated carbocycles. The molecule has 7 heteroatoms. The SMILES string of the molecule is C[C@H]1CN(C(=O)OC(C)(C)C)CCN1Cc1c(F)ccc(F)c1Br. The van der Waals surface area contributed by atoms with E-state index in [4.69, 9.17) is 4.74 Å². The van der Waals surface area contributed by atoms with E-state index in [1.165, 1.54) is 0 Å². The van der Waals surface area contributed by atoms with Crippen LogP contribution in [-0.4, -0.2) is 47.2 Å². The highest BCUT2D eigenvalue weighted by Crippen LogP contribution is 2.26. The molecule has 0 spiro atoms. The summed E-state index contributed by atoms with van der Waals surface area (Å²) in [7, 11) is 0. The van der Waals surface area contributed by atoms with Gasteiger partial charge in [0.15, 0.2) is 0 Å². The average molecular weight is 405 g/mol. The van der Waals surface area contributed by atoms with Crippen LogP contribution in [0.2, 0.25) is 0 Å². The predicted molar refractivity (Wildman–Crippen MR) is 91.7 cm³/mol. The summed E-state index contributed by atoms with van der Waals surface area (Å²) in [5.41, 5.74) is -0.236. The van der Waals surface area contributed by atoms with E-state index in [2.05, 4.69) is 15.9 Å². The molecule has 0 radical (unpaired) electrons. The van der Waals surface area contributed by atoms with Crippen LogP contribution in [0.4, 0.5) is 13.6 Å². The van der Waals surface area contributed by atoms with Gasteiger partial charge in [0.05, 0.1) is 4.47 Å². The van der Waals surface area contributed by atoms with Crippen molar-refractivity contribution in [2.45, 2.75) is 45.9 Å². The molecular formula is C17H23BrF2N2O2. The van der Waals surface area contributed by atoms with Gasteiger partial charge >= 0.3 is 6.09 Å². The van der Waals surface area contributed by atoms with Gasteiger partial charge in [-0.2, -0.15) is 0 Å². The molecule has 1 saturated heterocycles. The van der Waals surface area contributed by atoms with Crippen LogP contribution in [0.3, 0.4) is 0 Å². The van der Waals surface area contributed by atoms with E-state index in [9.17, 15) is 13.6 Å². The Morgan fingerprint density at radius 1 is 1.29 bits per heavy atom. The van der Waals surface area contributed by atoms with E-state index in [-0.39, 0.29) is 23.2 Å². The first kappa shape index (κ1) is 19.1. The quantitative estimate of drug-likeness (QED) is 0.693. The smallest absolute Gasteiger partial charge is 0.410 e. The van der Waals surface area contributed by atoms with Crippen molar-refractivity contribution in [2.24, 2.45) is 0 Å². The normalized spacial score (nSPS) is 19.5. The first-order valence-corrected chi connectivity index (χ1v) is 8.72. The van der Waals surface area contributed by atoms with Gasteiger partial charge in [-0.05, 0) is 55.8 Å². The van der Waals surface area contributed by atoms with Crippen LogP contribution >= 0.6 is 15.9 Å². The molecule has 134 valence electrons. The number of halogens is 3. The van der Waals surface area contributed by atoms with Crippen LogP contribution in [0.15, 0.2) is 16.6 Å². The Labute approximate surface area is 149 Å². The largest absolute Gasteiger partial charge is 0.444 e. The van der Waals surface area contributed by atoms with Gasteiger partial charge in [-0.3, -0.25) is 4.90 Å². The zero-order valence-electron chi connectivity index (χ0n) is 14.4. The van der Waals surface area contributed by atoms with E-state index < -0.39 is 17.2 Å². The van der Waals surface area contributed by atoms with E-state index in [0.29, 0.717) is 25.2 Å². The molecule has 1 amide bonds. The van der Waals surface area contributed by atoms with Crippen LogP contribution < -0.4 is 0 Å². The highest BCUT2D eigenvalue weighted by Gasteiger charge is 2.30. The molecule has 2 rings (SSSR count). The number of benzene rings is 1. The number of hydrogen-bond acceptors (Lipinski definition) is 3. The second-order valence-electron chi connectivity index (χ2n) is 7.07. The van der Waals surface area contributed by atoms with Gasteiger partial charge in [-0.25, -0.2) is 13.6 Å². The van der Waals surface area contributed by atoms with Gasteiger partial charge in [0.1, 0.15) is 17.2 Å². The lowest BCUT2D eigenvalue weighted by Crippen LogP contribution is -2.54. The van der Waals surface area contributed by atoms with Crippen molar-refractivity contribution in [3.05, 3.63) is 33.8 Å². The lowest BCUT2D eigenvalue weighted by atomic mass is 10.1. The monoisotopic (exact) mass is 404 g/mol. The van der Waals surface area contributed by atoms with Crippen LogP contribution in [0.25, 0.3) is 0 Å². The highest BCUT2D eigenvalue weighted by atomic mass is 79.9. The number of carbonyl (C=O) groups excluding carboxylic acids is 1. The van der Waals surface area contributed by atoms with Crippen molar-refractivity contribution in [3.8, 4) is 0 Å². The Balaban J connectivity index is 2.02. The molecule has 0 aliphatic carbocycles. The summed E-state index contributed by atoms with van der Waals surface area (Å²) in [6.45, 7) is 9.29. The van der Waals surface area contributed by atoms with Crippen molar-refractivity contribution >= 4 is 22.0 Å². The summed E-state index contributed by atoms with van der Waals surface area (Å²) in [6, 6.07) is 2.25. The standard InChI is InChI=1S/C17H23BrF2N2O2/c1-11-9-22(16(23)24-17(2,3)4)8-7-21(11)10-12-13(19)5-6-14(20)15(12)18/h5-6,11H,7-10H2,1-4H3/t11-/m0/s1. The zero-order valence-corrected chi connectivity index (χ0v) is 16.0. The summed E-state index contributed by atoms with van der Waals surface area (Å²) in [5.74, 6) is -0.920. The predicted octanol–water partition coefficient (Wildman–Crippen LogP) is 4.17. The zero-order chi connectivity index (χ0) is 18.1. The summed E-state index contributed by atoms with van der Waals surface area (Å²) in [4.78, 5) is 15.8. The van der Waals surface area contributed by atoms with Crippen LogP contribution in [0.5, 0.6) is 0 Å². The molecule has 0 N–H and O–H groups in total. The molecule has 1 aliphatic rings. The Morgan fingerprint density at radius 3 is 2.50 bits per heavy atom. The number of amides is 1. The molecule has 4 nitrogen and oxygen atoms in total. The van der Waals surface area contributed by atoms with Gasteiger partial charge in [0.2, 0.25) is 0 Å². The highest BCUT2D eigenvalue weighted by molar-refractivity contribution is 9.10. The molecule has 1 aromatic carbocycles. The maximum absolute atomic E-state index is 14.0. The molecule has 1 atom stereocenters. The van der Waals surface area contributed by atoms with Crippen molar-refractivity contribution in [2.75, 3.05) is 19.6 Å². The van der Waals surface area contributed by atoms with Crippen LogP contribution in [0, 0.1) is 11.6 Å². The molecule has 0 unspecified atom stereocenters. The maximum atomic E-state index is 14.0.